The lowest BCUT2D eigenvalue weighted by atomic mass is 10.2. The van der Waals surface area contributed by atoms with Crippen molar-refractivity contribution >= 4 is 20.2 Å². The molecular formula is C16H24N2O2Si. The van der Waals surface area contributed by atoms with Gasteiger partial charge in [0.2, 0.25) is 5.91 Å². The molecule has 1 saturated heterocycles. The fourth-order valence-corrected chi connectivity index (χ4v) is 6.76. The minimum absolute atomic E-state index is 0.00634. The van der Waals surface area contributed by atoms with E-state index in [2.05, 4.69) is 20.8 Å². The molecule has 1 aromatic rings. The van der Waals surface area contributed by atoms with Gasteiger partial charge in [-0.1, -0.05) is 51.1 Å². The Morgan fingerprint density at radius 2 is 1.57 bits per heavy atom. The van der Waals surface area contributed by atoms with Crippen LogP contribution in [0.25, 0.3) is 0 Å². The molecule has 0 unspecified atom stereocenters. The molecule has 0 bridgehead atoms. The molecule has 0 spiro atoms. The molecule has 0 radical (unpaired) electrons. The molecule has 3 amide bonds. The van der Waals surface area contributed by atoms with Crippen molar-refractivity contribution in [3.8, 4) is 0 Å². The van der Waals surface area contributed by atoms with Crippen LogP contribution in [0.15, 0.2) is 30.3 Å². The third-order valence-corrected chi connectivity index (χ3v) is 10.0. The van der Waals surface area contributed by atoms with E-state index in [4.69, 9.17) is 0 Å². The number of benzene rings is 1. The Bertz CT molecular complexity index is 506. The average Bonchev–Trinajstić information content (AvgIpc) is 2.79. The summed E-state index contributed by atoms with van der Waals surface area (Å²) in [6, 6.07) is 12.6. The molecule has 0 atom stereocenters. The highest BCUT2D eigenvalue weighted by atomic mass is 28.3. The fraction of sp³-hybridized carbons (Fsp3) is 0.500. The summed E-state index contributed by atoms with van der Waals surface area (Å²) in [6.45, 7) is 7.07. The molecule has 4 nitrogen and oxygen atoms in total. The summed E-state index contributed by atoms with van der Waals surface area (Å²) in [5.74, 6) is -0.00634. The molecule has 1 aliphatic heterocycles. The van der Waals surface area contributed by atoms with Crippen LogP contribution in [0.1, 0.15) is 26.3 Å². The smallest absolute Gasteiger partial charge is 0.311 e. The topological polar surface area (TPSA) is 40.6 Å². The van der Waals surface area contributed by atoms with E-state index in [1.54, 1.807) is 9.47 Å². The van der Waals surface area contributed by atoms with Gasteiger partial charge in [0.25, 0.3) is 0 Å². The molecule has 1 fully saturated rings. The second-order valence-electron chi connectivity index (χ2n) is 5.64. The van der Waals surface area contributed by atoms with Crippen molar-refractivity contribution in [3.05, 3.63) is 35.9 Å². The van der Waals surface area contributed by atoms with Gasteiger partial charge in [0.05, 0.1) is 0 Å². The molecule has 1 aliphatic rings. The molecule has 0 aliphatic carbocycles. The first-order valence-corrected chi connectivity index (χ1v) is 10.3. The predicted molar refractivity (Wildman–Crippen MR) is 86.3 cm³/mol. The Morgan fingerprint density at radius 3 is 2.10 bits per heavy atom. The van der Waals surface area contributed by atoms with Crippen LogP contribution in [0.4, 0.5) is 4.79 Å². The number of hydrogen-bond donors (Lipinski definition) is 0. The van der Waals surface area contributed by atoms with E-state index in [0.29, 0.717) is 6.54 Å². The summed E-state index contributed by atoms with van der Waals surface area (Å²) in [5, 5.41) is 0. The lowest BCUT2D eigenvalue weighted by molar-refractivity contribution is -0.122. The zero-order valence-electron chi connectivity index (χ0n) is 13.1. The number of hydrogen-bond acceptors (Lipinski definition) is 2. The van der Waals surface area contributed by atoms with Gasteiger partial charge in [-0.05, 0) is 23.7 Å². The number of urea groups is 1. The highest BCUT2D eigenvalue weighted by Gasteiger charge is 2.48. The van der Waals surface area contributed by atoms with Gasteiger partial charge in [-0.15, -0.1) is 0 Å². The second-order valence-corrected chi connectivity index (χ2v) is 10.7. The molecule has 5 heteroatoms. The monoisotopic (exact) mass is 304 g/mol. The summed E-state index contributed by atoms with van der Waals surface area (Å²) in [5.41, 5.74) is 1.07. The zero-order chi connectivity index (χ0) is 15.5. The van der Waals surface area contributed by atoms with Crippen LogP contribution in [-0.2, 0) is 11.3 Å². The number of imide groups is 1. The lowest BCUT2D eigenvalue weighted by Crippen LogP contribution is -2.55. The van der Waals surface area contributed by atoms with E-state index >= 15 is 0 Å². The second kappa shape index (κ2) is 6.43. The summed E-state index contributed by atoms with van der Waals surface area (Å²) in [6.07, 6.45) is 0. The molecular weight excluding hydrogens is 280 g/mol. The number of carbonyl (C=O) groups excluding carboxylic acids is 2. The van der Waals surface area contributed by atoms with E-state index in [1.165, 1.54) is 0 Å². The first kappa shape index (κ1) is 15.8. The Kier molecular flexibility index (Phi) is 4.83. The van der Waals surface area contributed by atoms with Crippen LogP contribution in [0, 0.1) is 0 Å². The van der Waals surface area contributed by atoms with E-state index in [0.717, 1.165) is 23.7 Å². The number of nitrogens with zero attached hydrogens (tertiary/aromatic N) is 2. The molecule has 21 heavy (non-hydrogen) atoms. The van der Waals surface area contributed by atoms with E-state index < -0.39 is 8.24 Å². The molecule has 0 aromatic heterocycles. The van der Waals surface area contributed by atoms with Crippen molar-refractivity contribution in [3.63, 3.8) is 0 Å². The Balaban J connectivity index is 2.20. The van der Waals surface area contributed by atoms with Gasteiger partial charge in [-0.3, -0.25) is 9.36 Å². The summed E-state index contributed by atoms with van der Waals surface area (Å²) >= 11 is 0. The zero-order valence-corrected chi connectivity index (χ0v) is 14.1. The van der Waals surface area contributed by atoms with Crippen molar-refractivity contribution in [2.45, 2.75) is 45.4 Å². The summed E-state index contributed by atoms with van der Waals surface area (Å²) in [7, 11) is -1.98. The molecule has 1 aromatic carbocycles. The van der Waals surface area contributed by atoms with Crippen LogP contribution < -0.4 is 0 Å². The predicted octanol–water partition coefficient (Wildman–Crippen LogP) is 3.46. The standard InChI is InChI=1S/C16H24N2O2Si/c1-4-21(5-2,6-3)18-15(19)13-17(16(18)20)12-14-10-8-7-9-11-14/h7-11H,4-6,12-13H2,1-3H3. The highest BCUT2D eigenvalue weighted by molar-refractivity contribution is 6.81. The fourth-order valence-electron chi connectivity index (χ4n) is 3.17. The van der Waals surface area contributed by atoms with Gasteiger partial charge >= 0.3 is 6.03 Å². The SMILES string of the molecule is CC[Si](CC)(CC)N1C(=O)CN(Cc2ccccc2)C1=O. The summed E-state index contributed by atoms with van der Waals surface area (Å²) in [4.78, 5) is 26.8. The van der Waals surface area contributed by atoms with Crippen molar-refractivity contribution in [2.75, 3.05) is 6.54 Å². The van der Waals surface area contributed by atoms with Gasteiger partial charge in [0.1, 0.15) is 6.54 Å². The minimum Gasteiger partial charge on any atom is -0.311 e. The average molecular weight is 304 g/mol. The minimum atomic E-state index is -1.98. The largest absolute Gasteiger partial charge is 0.319 e. The maximum absolute atomic E-state index is 12.7. The molecule has 0 N–H and O–H groups in total. The molecule has 114 valence electrons. The summed E-state index contributed by atoms with van der Waals surface area (Å²) < 4.78 is 1.65. The third kappa shape index (κ3) is 2.88. The van der Waals surface area contributed by atoms with Gasteiger partial charge in [-0.25, -0.2) is 4.79 Å². The molecule has 2 rings (SSSR count). The Hall–Kier alpha value is -1.62. The van der Waals surface area contributed by atoms with Gasteiger partial charge in [0, 0.05) is 6.54 Å². The van der Waals surface area contributed by atoms with E-state index in [-0.39, 0.29) is 18.5 Å². The third-order valence-electron chi connectivity index (χ3n) is 4.70. The maximum atomic E-state index is 12.7. The first-order valence-electron chi connectivity index (χ1n) is 7.73. The van der Waals surface area contributed by atoms with Crippen LogP contribution in [0.5, 0.6) is 0 Å². The number of rotatable bonds is 6. The van der Waals surface area contributed by atoms with Gasteiger partial charge < -0.3 is 4.90 Å². The van der Waals surface area contributed by atoms with E-state index in [9.17, 15) is 9.59 Å². The van der Waals surface area contributed by atoms with Gasteiger partial charge in [-0.2, -0.15) is 0 Å². The highest BCUT2D eigenvalue weighted by Crippen LogP contribution is 2.30. The van der Waals surface area contributed by atoms with Crippen molar-refractivity contribution in [1.82, 2.24) is 9.47 Å². The maximum Gasteiger partial charge on any atom is 0.319 e. The number of amides is 3. The Morgan fingerprint density at radius 1 is 1.00 bits per heavy atom. The normalized spacial score (nSPS) is 16.0. The van der Waals surface area contributed by atoms with Crippen LogP contribution in [-0.4, -0.2) is 36.2 Å². The van der Waals surface area contributed by atoms with E-state index in [1.807, 2.05) is 30.3 Å². The van der Waals surface area contributed by atoms with Crippen LogP contribution in [0.2, 0.25) is 18.1 Å². The molecule has 1 heterocycles. The van der Waals surface area contributed by atoms with Crippen molar-refractivity contribution in [1.29, 1.82) is 0 Å². The first-order chi connectivity index (χ1) is 10.1. The van der Waals surface area contributed by atoms with Crippen molar-refractivity contribution < 1.29 is 9.59 Å². The van der Waals surface area contributed by atoms with Gasteiger partial charge in [0.15, 0.2) is 8.24 Å². The Labute approximate surface area is 127 Å². The lowest BCUT2D eigenvalue weighted by Gasteiger charge is -2.36. The van der Waals surface area contributed by atoms with Crippen LogP contribution in [0.3, 0.4) is 0 Å². The van der Waals surface area contributed by atoms with Crippen LogP contribution >= 0.6 is 0 Å². The van der Waals surface area contributed by atoms with Crippen molar-refractivity contribution in [2.24, 2.45) is 0 Å². The number of carbonyl (C=O) groups is 2. The quantitative estimate of drug-likeness (QED) is 0.596. The molecule has 0 saturated carbocycles.